The van der Waals surface area contributed by atoms with E-state index in [4.69, 9.17) is 0 Å². The van der Waals surface area contributed by atoms with E-state index in [2.05, 4.69) is 54.6 Å². The Morgan fingerprint density at radius 2 is 1.65 bits per heavy atom. The highest BCUT2D eigenvalue weighted by molar-refractivity contribution is 9.10. The van der Waals surface area contributed by atoms with Gasteiger partial charge in [-0.3, -0.25) is 4.68 Å². The van der Waals surface area contributed by atoms with Crippen molar-refractivity contribution in [1.82, 2.24) is 14.7 Å². The lowest BCUT2D eigenvalue weighted by molar-refractivity contribution is 0.262. The molecule has 0 unspecified atom stereocenters. The average molecular weight is 483 g/mol. The number of aryl methyl sites for hydroxylation is 2. The third-order valence-corrected chi connectivity index (χ3v) is 6.10. The molecule has 7 nitrogen and oxygen atoms in total. The summed E-state index contributed by atoms with van der Waals surface area (Å²) in [7, 11) is 4.06. The van der Waals surface area contributed by atoms with Crippen LogP contribution in [0.5, 0.6) is 0 Å². The Hall–Kier alpha value is -2.84. The fourth-order valence-corrected chi connectivity index (χ4v) is 4.31. The molecular formula is C23H27BrN6O. The van der Waals surface area contributed by atoms with Gasteiger partial charge in [0.2, 0.25) is 0 Å². The number of aromatic nitrogens is 2. The number of nitrogens with zero attached hydrogens (tertiary/aromatic N) is 4. The Balaban J connectivity index is 1.62. The summed E-state index contributed by atoms with van der Waals surface area (Å²) in [5.74, 6) is 0. The van der Waals surface area contributed by atoms with E-state index in [0.717, 1.165) is 64.5 Å². The van der Waals surface area contributed by atoms with E-state index in [0.29, 0.717) is 0 Å². The fourth-order valence-electron chi connectivity index (χ4n) is 3.73. The molecule has 0 radical (unpaired) electrons. The normalized spacial score (nSPS) is 14.5. The zero-order chi connectivity index (χ0) is 22.0. The van der Waals surface area contributed by atoms with Crippen molar-refractivity contribution in [3.05, 3.63) is 58.7 Å². The molecule has 0 saturated carbocycles. The minimum atomic E-state index is -0.269. The Morgan fingerprint density at radius 3 is 2.29 bits per heavy atom. The Kier molecular flexibility index (Phi) is 6.29. The van der Waals surface area contributed by atoms with E-state index in [-0.39, 0.29) is 6.03 Å². The molecule has 2 heterocycles. The van der Waals surface area contributed by atoms with Gasteiger partial charge in [-0.1, -0.05) is 17.7 Å². The molecule has 0 aliphatic carbocycles. The number of carbonyl (C=O) groups is 1. The summed E-state index contributed by atoms with van der Waals surface area (Å²) in [5, 5.41) is 10.3. The number of hydrogen-bond acceptors (Lipinski definition) is 4. The summed E-state index contributed by atoms with van der Waals surface area (Å²) in [4.78, 5) is 17.3. The first-order chi connectivity index (χ1) is 14.9. The Morgan fingerprint density at radius 1 is 0.968 bits per heavy atom. The molecule has 1 saturated heterocycles. The van der Waals surface area contributed by atoms with Crippen LogP contribution in [0, 0.1) is 6.92 Å². The molecule has 0 atom stereocenters. The monoisotopic (exact) mass is 482 g/mol. The van der Waals surface area contributed by atoms with Crippen molar-refractivity contribution >= 4 is 39.0 Å². The first kappa shape index (κ1) is 21.4. The molecule has 162 valence electrons. The van der Waals surface area contributed by atoms with Gasteiger partial charge in [0.25, 0.3) is 0 Å². The number of piperazine rings is 1. The third-order valence-electron chi connectivity index (χ3n) is 5.52. The zero-order valence-electron chi connectivity index (χ0n) is 18.0. The summed E-state index contributed by atoms with van der Waals surface area (Å²) in [6.45, 7) is 5.93. The van der Waals surface area contributed by atoms with Crippen molar-refractivity contribution in [1.29, 1.82) is 0 Å². The maximum atomic E-state index is 12.7. The summed E-state index contributed by atoms with van der Waals surface area (Å²) in [6.07, 6.45) is 1.79. The van der Waals surface area contributed by atoms with Crippen LogP contribution in [0.1, 0.15) is 5.56 Å². The first-order valence-corrected chi connectivity index (χ1v) is 11.1. The molecule has 2 amide bonds. The summed E-state index contributed by atoms with van der Waals surface area (Å²) < 4.78 is 2.75. The molecule has 3 aromatic rings. The molecule has 1 fully saturated rings. The lowest BCUT2D eigenvalue weighted by Gasteiger charge is -2.34. The highest BCUT2D eigenvalue weighted by atomic mass is 79.9. The average Bonchev–Trinajstić information content (AvgIpc) is 3.08. The molecule has 31 heavy (non-hydrogen) atoms. The largest absolute Gasteiger partial charge is 0.369 e. The third kappa shape index (κ3) is 5.08. The van der Waals surface area contributed by atoms with Gasteiger partial charge in [-0.2, -0.15) is 5.10 Å². The summed E-state index contributed by atoms with van der Waals surface area (Å²) in [5.41, 5.74) is 5.70. The van der Waals surface area contributed by atoms with Crippen molar-refractivity contribution in [3.8, 4) is 11.3 Å². The molecule has 0 bridgehead atoms. The molecule has 1 aliphatic heterocycles. The molecular weight excluding hydrogens is 456 g/mol. The molecule has 2 N–H and O–H groups in total. The zero-order valence-corrected chi connectivity index (χ0v) is 19.6. The lowest BCUT2D eigenvalue weighted by Crippen LogP contribution is -2.44. The van der Waals surface area contributed by atoms with Crippen molar-refractivity contribution in [3.63, 3.8) is 0 Å². The number of urea groups is 1. The molecule has 1 aromatic heterocycles. The molecule has 1 aliphatic rings. The van der Waals surface area contributed by atoms with Gasteiger partial charge in [-0.25, -0.2) is 4.79 Å². The SMILES string of the molecule is Cc1ccc(NC(=O)Nc2cc(-c3c(Br)cnn3C)cc(N3CCN(C)CC3)c2)cc1. The number of likely N-dealkylation sites (N-methyl/N-ethyl adjacent to an activating group) is 1. The molecule has 8 heteroatoms. The van der Waals surface area contributed by atoms with E-state index < -0.39 is 0 Å². The van der Waals surface area contributed by atoms with Gasteiger partial charge in [-0.15, -0.1) is 0 Å². The maximum Gasteiger partial charge on any atom is 0.323 e. The highest BCUT2D eigenvalue weighted by Crippen LogP contribution is 2.33. The number of anilines is 3. The van der Waals surface area contributed by atoms with Gasteiger partial charge in [0.1, 0.15) is 0 Å². The quantitative estimate of drug-likeness (QED) is 0.572. The lowest BCUT2D eigenvalue weighted by atomic mass is 10.1. The fraction of sp³-hybridized carbons (Fsp3) is 0.304. The Bertz CT molecular complexity index is 1050. The van der Waals surface area contributed by atoms with Gasteiger partial charge in [-0.05, 0) is 60.2 Å². The molecule has 2 aromatic carbocycles. The standard InChI is InChI=1S/C23H27BrN6O/c1-16-4-6-18(7-5-16)26-23(31)27-19-12-17(22-21(24)15-25-29(22)3)13-20(14-19)30-10-8-28(2)9-11-30/h4-7,12-15H,8-11H2,1-3H3,(H2,26,27,31). The number of hydrogen-bond donors (Lipinski definition) is 2. The van der Waals surface area contributed by atoms with Crippen LogP contribution in [0.2, 0.25) is 0 Å². The minimum Gasteiger partial charge on any atom is -0.369 e. The van der Waals surface area contributed by atoms with Gasteiger partial charge >= 0.3 is 6.03 Å². The van der Waals surface area contributed by atoms with Crippen molar-refractivity contribution in [2.75, 3.05) is 48.8 Å². The summed E-state index contributed by atoms with van der Waals surface area (Å²) >= 11 is 3.60. The Labute approximate surface area is 191 Å². The summed E-state index contributed by atoms with van der Waals surface area (Å²) in [6, 6.07) is 13.7. The number of benzene rings is 2. The van der Waals surface area contributed by atoms with Gasteiger partial charge < -0.3 is 20.4 Å². The van der Waals surface area contributed by atoms with E-state index in [1.165, 1.54) is 0 Å². The second-order valence-corrected chi connectivity index (χ2v) is 8.82. The van der Waals surface area contributed by atoms with Crippen LogP contribution < -0.4 is 15.5 Å². The van der Waals surface area contributed by atoms with Gasteiger partial charge in [0.15, 0.2) is 0 Å². The second kappa shape index (κ2) is 9.11. The van der Waals surface area contributed by atoms with Crippen LogP contribution in [-0.4, -0.2) is 53.9 Å². The van der Waals surface area contributed by atoms with Crippen LogP contribution in [0.4, 0.5) is 21.9 Å². The van der Waals surface area contributed by atoms with Gasteiger partial charge in [0, 0.05) is 55.9 Å². The van der Waals surface area contributed by atoms with Crippen molar-refractivity contribution < 1.29 is 4.79 Å². The van der Waals surface area contributed by atoms with Crippen molar-refractivity contribution in [2.45, 2.75) is 6.92 Å². The van der Waals surface area contributed by atoms with Crippen LogP contribution in [0.3, 0.4) is 0 Å². The van der Waals surface area contributed by atoms with E-state index in [9.17, 15) is 4.79 Å². The minimum absolute atomic E-state index is 0.269. The molecule has 0 spiro atoms. The smallest absolute Gasteiger partial charge is 0.323 e. The maximum absolute atomic E-state index is 12.7. The first-order valence-electron chi connectivity index (χ1n) is 10.3. The number of amides is 2. The topological polar surface area (TPSA) is 65.4 Å². The number of carbonyl (C=O) groups excluding carboxylic acids is 1. The van der Waals surface area contributed by atoms with Crippen molar-refractivity contribution in [2.24, 2.45) is 7.05 Å². The van der Waals surface area contributed by atoms with Crippen LogP contribution in [-0.2, 0) is 7.05 Å². The number of rotatable bonds is 4. The number of halogens is 1. The molecule has 4 rings (SSSR count). The second-order valence-electron chi connectivity index (χ2n) is 7.97. The van der Waals surface area contributed by atoms with Crippen LogP contribution in [0.25, 0.3) is 11.3 Å². The van der Waals surface area contributed by atoms with Crippen LogP contribution >= 0.6 is 15.9 Å². The van der Waals surface area contributed by atoms with Gasteiger partial charge in [0.05, 0.1) is 16.4 Å². The van der Waals surface area contributed by atoms with E-state index >= 15 is 0 Å². The highest BCUT2D eigenvalue weighted by Gasteiger charge is 2.18. The predicted molar refractivity (Wildman–Crippen MR) is 130 cm³/mol. The van der Waals surface area contributed by atoms with E-state index in [1.807, 2.05) is 55.1 Å². The van der Waals surface area contributed by atoms with E-state index in [1.54, 1.807) is 6.20 Å². The number of nitrogens with one attached hydrogen (secondary N) is 2. The predicted octanol–water partition coefficient (Wildman–Crippen LogP) is 4.55. The van der Waals surface area contributed by atoms with Crippen LogP contribution in [0.15, 0.2) is 53.1 Å².